The number of hydrogen-bond donors (Lipinski definition) is 1. The van der Waals surface area contributed by atoms with Crippen LogP contribution in [0, 0.1) is 0 Å². The number of aryl methyl sites for hydroxylation is 1. The van der Waals surface area contributed by atoms with Crippen molar-refractivity contribution in [1.29, 1.82) is 0 Å². The van der Waals surface area contributed by atoms with Crippen molar-refractivity contribution >= 4 is 17.5 Å². The first-order valence-electron chi connectivity index (χ1n) is 6.81. The van der Waals surface area contributed by atoms with Crippen molar-refractivity contribution in [3.05, 3.63) is 40.7 Å². The molecule has 0 aliphatic rings. The van der Waals surface area contributed by atoms with Crippen LogP contribution < -0.4 is 14.8 Å². The highest BCUT2D eigenvalue weighted by atomic mass is 35.5. The minimum atomic E-state index is -0.297. The Morgan fingerprint density at radius 3 is 2.50 bits per heavy atom. The van der Waals surface area contributed by atoms with E-state index in [-0.39, 0.29) is 12.5 Å². The predicted octanol–water partition coefficient (Wildman–Crippen LogP) is 2.50. The molecule has 2 rings (SSSR count). The zero-order valence-electron chi connectivity index (χ0n) is 12.7. The summed E-state index contributed by atoms with van der Waals surface area (Å²) in [5.74, 6) is 0.605. The van der Waals surface area contributed by atoms with E-state index in [1.165, 1.54) is 14.2 Å². The maximum absolute atomic E-state index is 12.5. The van der Waals surface area contributed by atoms with Crippen molar-refractivity contribution in [3.8, 4) is 11.5 Å². The van der Waals surface area contributed by atoms with E-state index < -0.39 is 0 Å². The lowest BCUT2D eigenvalue weighted by Gasteiger charge is -2.13. The quantitative estimate of drug-likeness (QED) is 0.887. The number of carbonyl (C=O) groups is 1. The molecular formula is C15H18ClN3O3. The van der Waals surface area contributed by atoms with Crippen LogP contribution in [0.2, 0.25) is 5.02 Å². The third-order valence-electron chi connectivity index (χ3n) is 3.27. The molecule has 7 heteroatoms. The van der Waals surface area contributed by atoms with Gasteiger partial charge in [-0.15, -0.1) is 0 Å². The van der Waals surface area contributed by atoms with Gasteiger partial charge in [-0.2, -0.15) is 5.10 Å². The Morgan fingerprint density at radius 1 is 1.32 bits per heavy atom. The van der Waals surface area contributed by atoms with E-state index in [1.807, 2.05) is 6.92 Å². The van der Waals surface area contributed by atoms with Gasteiger partial charge in [0.2, 0.25) is 0 Å². The number of halogens is 1. The molecule has 6 nitrogen and oxygen atoms in total. The van der Waals surface area contributed by atoms with Crippen molar-refractivity contribution in [2.45, 2.75) is 20.0 Å². The maximum atomic E-state index is 12.5. The van der Waals surface area contributed by atoms with Crippen molar-refractivity contribution in [1.82, 2.24) is 15.1 Å². The molecule has 1 amide bonds. The number of aromatic nitrogens is 2. The number of hydrogen-bond acceptors (Lipinski definition) is 4. The van der Waals surface area contributed by atoms with Crippen LogP contribution in [-0.2, 0) is 13.1 Å². The second-order valence-corrected chi connectivity index (χ2v) is 4.88. The van der Waals surface area contributed by atoms with Gasteiger partial charge in [-0.05, 0) is 19.1 Å². The zero-order chi connectivity index (χ0) is 16.1. The molecule has 0 radical (unpaired) electrons. The van der Waals surface area contributed by atoms with Crippen LogP contribution in [0.5, 0.6) is 11.5 Å². The van der Waals surface area contributed by atoms with Crippen molar-refractivity contribution in [2.24, 2.45) is 0 Å². The Morgan fingerprint density at radius 2 is 1.95 bits per heavy atom. The number of carbonyl (C=O) groups excluding carboxylic acids is 1. The lowest BCUT2D eigenvalue weighted by molar-refractivity contribution is 0.0943. The number of benzene rings is 1. The Balaban J connectivity index is 2.21. The molecule has 1 aromatic heterocycles. The molecule has 0 fully saturated rings. The van der Waals surface area contributed by atoms with E-state index >= 15 is 0 Å². The first kappa shape index (κ1) is 16.2. The summed E-state index contributed by atoms with van der Waals surface area (Å²) in [5, 5.41) is 7.48. The van der Waals surface area contributed by atoms with E-state index in [4.69, 9.17) is 21.1 Å². The van der Waals surface area contributed by atoms with Gasteiger partial charge >= 0.3 is 0 Å². The summed E-state index contributed by atoms with van der Waals surface area (Å²) in [4.78, 5) is 12.5. The fourth-order valence-corrected chi connectivity index (χ4v) is 2.37. The highest BCUT2D eigenvalue weighted by Gasteiger charge is 2.19. The Labute approximate surface area is 134 Å². The number of nitrogens with one attached hydrogen (secondary N) is 1. The third kappa shape index (κ3) is 3.17. The highest BCUT2D eigenvalue weighted by Crippen LogP contribution is 2.28. The van der Waals surface area contributed by atoms with Crippen molar-refractivity contribution in [2.75, 3.05) is 14.2 Å². The monoisotopic (exact) mass is 323 g/mol. The van der Waals surface area contributed by atoms with Gasteiger partial charge in [-0.25, -0.2) is 0 Å². The van der Waals surface area contributed by atoms with Crippen molar-refractivity contribution in [3.63, 3.8) is 0 Å². The predicted molar refractivity (Wildman–Crippen MR) is 83.6 cm³/mol. The van der Waals surface area contributed by atoms with Gasteiger partial charge in [0.15, 0.2) is 0 Å². The molecule has 0 bridgehead atoms. The molecule has 22 heavy (non-hydrogen) atoms. The molecule has 0 unspecified atom stereocenters. The third-order valence-corrected chi connectivity index (χ3v) is 3.58. The summed E-state index contributed by atoms with van der Waals surface area (Å²) in [6.45, 7) is 2.90. The normalized spacial score (nSPS) is 10.4. The van der Waals surface area contributed by atoms with Crippen LogP contribution in [0.4, 0.5) is 0 Å². The molecule has 2 aromatic rings. The number of ether oxygens (including phenoxy) is 2. The topological polar surface area (TPSA) is 65.4 Å². The molecule has 1 heterocycles. The van der Waals surface area contributed by atoms with E-state index in [0.717, 1.165) is 5.69 Å². The fourth-order valence-electron chi connectivity index (χ4n) is 2.16. The molecule has 1 aromatic carbocycles. The fraction of sp³-hybridized carbons (Fsp3) is 0.333. The van der Waals surface area contributed by atoms with Crippen molar-refractivity contribution < 1.29 is 14.3 Å². The van der Waals surface area contributed by atoms with E-state index in [9.17, 15) is 4.79 Å². The number of methoxy groups -OCH3 is 2. The molecule has 0 saturated heterocycles. The Kier molecular flexibility index (Phi) is 5.27. The molecule has 0 aliphatic carbocycles. The maximum Gasteiger partial charge on any atom is 0.259 e. The molecule has 0 atom stereocenters. The van der Waals surface area contributed by atoms with Crippen LogP contribution >= 0.6 is 11.6 Å². The summed E-state index contributed by atoms with van der Waals surface area (Å²) in [5.41, 5.74) is 1.11. The van der Waals surface area contributed by atoms with E-state index in [0.29, 0.717) is 28.6 Å². The zero-order valence-corrected chi connectivity index (χ0v) is 13.5. The lowest BCUT2D eigenvalue weighted by Crippen LogP contribution is -2.25. The van der Waals surface area contributed by atoms with Gasteiger partial charge in [-0.1, -0.05) is 17.7 Å². The van der Waals surface area contributed by atoms with Crippen LogP contribution in [0.15, 0.2) is 24.4 Å². The number of rotatable bonds is 6. The Hall–Kier alpha value is -2.21. The number of nitrogens with zero attached hydrogens (tertiary/aromatic N) is 2. The number of amides is 1. The molecule has 0 spiro atoms. The van der Waals surface area contributed by atoms with Gasteiger partial charge in [0.05, 0.1) is 37.7 Å². The van der Waals surface area contributed by atoms with Gasteiger partial charge in [0.1, 0.15) is 17.1 Å². The van der Waals surface area contributed by atoms with Crippen LogP contribution in [0.3, 0.4) is 0 Å². The van der Waals surface area contributed by atoms with Crippen LogP contribution in [0.1, 0.15) is 23.0 Å². The first-order valence-corrected chi connectivity index (χ1v) is 7.19. The molecule has 118 valence electrons. The van der Waals surface area contributed by atoms with Gasteiger partial charge in [0.25, 0.3) is 5.91 Å². The second-order valence-electron chi connectivity index (χ2n) is 4.48. The standard InChI is InChI=1S/C15H18ClN3O3/c1-4-19-11(10(16)8-18-19)9-17-15(20)14-12(21-2)6-5-7-13(14)22-3/h5-8H,4,9H2,1-3H3,(H,17,20). The van der Waals surface area contributed by atoms with E-state index in [1.54, 1.807) is 29.1 Å². The largest absolute Gasteiger partial charge is 0.496 e. The summed E-state index contributed by atoms with van der Waals surface area (Å²) in [6.07, 6.45) is 1.57. The lowest BCUT2D eigenvalue weighted by atomic mass is 10.1. The minimum Gasteiger partial charge on any atom is -0.496 e. The highest BCUT2D eigenvalue weighted by molar-refractivity contribution is 6.31. The molecule has 0 saturated carbocycles. The van der Waals surface area contributed by atoms with Gasteiger partial charge < -0.3 is 14.8 Å². The first-order chi connectivity index (χ1) is 10.6. The molecule has 0 aliphatic heterocycles. The van der Waals surface area contributed by atoms with Crippen LogP contribution in [0.25, 0.3) is 0 Å². The van der Waals surface area contributed by atoms with E-state index in [2.05, 4.69) is 10.4 Å². The minimum absolute atomic E-state index is 0.271. The summed E-state index contributed by atoms with van der Waals surface area (Å²) in [7, 11) is 3.02. The van der Waals surface area contributed by atoms with Gasteiger partial charge in [-0.3, -0.25) is 9.48 Å². The average Bonchev–Trinajstić information content (AvgIpc) is 2.91. The molecular weight excluding hydrogens is 306 g/mol. The average molecular weight is 324 g/mol. The summed E-state index contributed by atoms with van der Waals surface area (Å²) < 4.78 is 12.2. The summed E-state index contributed by atoms with van der Waals surface area (Å²) in [6, 6.07) is 5.18. The van der Waals surface area contributed by atoms with Gasteiger partial charge in [0, 0.05) is 6.54 Å². The smallest absolute Gasteiger partial charge is 0.259 e. The SMILES string of the molecule is CCn1ncc(Cl)c1CNC(=O)c1c(OC)cccc1OC. The summed E-state index contributed by atoms with van der Waals surface area (Å²) >= 11 is 6.09. The second kappa shape index (κ2) is 7.17. The molecule has 1 N–H and O–H groups in total. The van der Waals surface area contributed by atoms with Crippen LogP contribution in [-0.4, -0.2) is 29.9 Å². The Bertz CT molecular complexity index is 648.